The van der Waals surface area contributed by atoms with E-state index >= 15 is 0 Å². The van der Waals surface area contributed by atoms with Crippen molar-refractivity contribution in [3.63, 3.8) is 0 Å². The molecule has 7 nitrogen and oxygen atoms in total. The highest BCUT2D eigenvalue weighted by atomic mass is 32.2. The van der Waals surface area contributed by atoms with E-state index in [0.29, 0.717) is 19.3 Å². The number of rotatable bonds is 2. The summed E-state index contributed by atoms with van der Waals surface area (Å²) < 4.78 is 38.9. The largest absolute Gasteiger partial charge is 0.461 e. The third kappa shape index (κ3) is 4.62. The van der Waals surface area contributed by atoms with Crippen molar-refractivity contribution in [3.05, 3.63) is 23.9 Å². The summed E-state index contributed by atoms with van der Waals surface area (Å²) in [6, 6.07) is 3.92. The molecule has 4 aliphatic rings. The van der Waals surface area contributed by atoms with Gasteiger partial charge in [0.1, 0.15) is 6.73 Å². The van der Waals surface area contributed by atoms with Crippen LogP contribution in [-0.4, -0.2) is 62.6 Å². The molecular weight excluding hydrogens is 366 g/mol. The van der Waals surface area contributed by atoms with E-state index in [1.807, 2.05) is 6.07 Å². The summed E-state index contributed by atoms with van der Waals surface area (Å²) in [6.45, 7) is 1.80. The molecule has 0 spiro atoms. The Morgan fingerprint density at radius 2 is 2.04 bits per heavy atom. The van der Waals surface area contributed by atoms with Crippen molar-refractivity contribution >= 4 is 10.0 Å². The van der Waals surface area contributed by atoms with Gasteiger partial charge >= 0.3 is 0 Å². The van der Waals surface area contributed by atoms with E-state index in [9.17, 15) is 8.42 Å². The lowest BCUT2D eigenvalue weighted by atomic mass is 9.83. The zero-order chi connectivity index (χ0) is 18.9. The Morgan fingerprint density at radius 3 is 2.81 bits per heavy atom. The van der Waals surface area contributed by atoms with Gasteiger partial charge in [0.05, 0.1) is 25.0 Å². The number of aromatic nitrogens is 1. The van der Waals surface area contributed by atoms with Gasteiger partial charge in [-0.3, -0.25) is 4.90 Å². The summed E-state index contributed by atoms with van der Waals surface area (Å²) in [5.41, 5.74) is 1.19. The molecule has 1 aromatic rings. The molecule has 1 saturated heterocycles. The van der Waals surface area contributed by atoms with Gasteiger partial charge in [-0.2, -0.15) is 0 Å². The normalized spacial score (nSPS) is 32.5. The van der Waals surface area contributed by atoms with Crippen LogP contribution in [0.15, 0.2) is 18.3 Å². The molecule has 1 saturated carbocycles. The van der Waals surface area contributed by atoms with E-state index in [4.69, 9.17) is 9.47 Å². The molecule has 1 aliphatic carbocycles. The molecular formula is C19H29N3O4S. The molecule has 4 heterocycles. The van der Waals surface area contributed by atoms with Crippen molar-refractivity contribution < 1.29 is 17.9 Å². The first-order chi connectivity index (χ1) is 13.0. The molecule has 1 aromatic heterocycles. The fourth-order valence-electron chi connectivity index (χ4n) is 4.68. The predicted octanol–water partition coefficient (Wildman–Crippen LogP) is 1.86. The molecule has 150 valence electrons. The zero-order valence-electron chi connectivity index (χ0n) is 15.8. The van der Waals surface area contributed by atoms with Gasteiger partial charge < -0.3 is 9.47 Å². The molecule has 8 heteroatoms. The maximum absolute atomic E-state index is 11.8. The number of nitrogens with one attached hydrogen (secondary N) is 1. The molecule has 2 bridgehead atoms. The SMILES string of the molecule is CS(=O)(=O)N[C@H]1CCCN2COc3ncccc3C3CCC(CC3)OC[C@@H]12. The Kier molecular flexibility index (Phi) is 5.68. The van der Waals surface area contributed by atoms with Crippen LogP contribution in [0.3, 0.4) is 0 Å². The van der Waals surface area contributed by atoms with Gasteiger partial charge in [-0.15, -0.1) is 0 Å². The standard InChI is InChI=1S/C19H29N3O4S/c1-27(23,24)21-17-5-3-11-22-13-26-19-16(4-2-10-20-19)14-6-8-15(9-7-14)25-12-18(17)22/h2,4,10,14-15,17-18,21H,3,5-9,11-13H2,1H3/t14?,15?,17-,18-/m0/s1. The zero-order valence-corrected chi connectivity index (χ0v) is 16.7. The minimum atomic E-state index is -3.27. The number of nitrogens with zero attached hydrogens (tertiary/aromatic N) is 2. The number of hydrogen-bond donors (Lipinski definition) is 1. The first-order valence-corrected chi connectivity index (χ1v) is 11.8. The van der Waals surface area contributed by atoms with Crippen molar-refractivity contribution in [1.82, 2.24) is 14.6 Å². The van der Waals surface area contributed by atoms with Crippen molar-refractivity contribution in [2.24, 2.45) is 0 Å². The lowest BCUT2D eigenvalue weighted by Crippen LogP contribution is -2.58. The Labute approximate surface area is 161 Å². The van der Waals surface area contributed by atoms with Gasteiger partial charge in [-0.05, 0) is 50.5 Å². The first-order valence-electron chi connectivity index (χ1n) is 9.90. The first kappa shape index (κ1) is 19.1. The minimum Gasteiger partial charge on any atom is -0.461 e. The molecule has 5 rings (SSSR count). The summed E-state index contributed by atoms with van der Waals surface area (Å²) in [5, 5.41) is 0. The number of pyridine rings is 1. The van der Waals surface area contributed by atoms with Crippen molar-refractivity contribution in [1.29, 1.82) is 0 Å². The van der Waals surface area contributed by atoms with Crippen LogP contribution in [0.2, 0.25) is 0 Å². The van der Waals surface area contributed by atoms with E-state index in [0.717, 1.165) is 50.9 Å². The van der Waals surface area contributed by atoms with Gasteiger partial charge in [-0.1, -0.05) is 6.07 Å². The number of fused-ring (bicyclic) bond motifs is 4. The van der Waals surface area contributed by atoms with Crippen molar-refractivity contribution in [2.75, 3.05) is 26.1 Å². The summed E-state index contributed by atoms with van der Waals surface area (Å²) >= 11 is 0. The second-order valence-electron chi connectivity index (χ2n) is 8.00. The van der Waals surface area contributed by atoms with Crippen LogP contribution in [-0.2, 0) is 14.8 Å². The quantitative estimate of drug-likeness (QED) is 0.823. The molecule has 1 N–H and O–H groups in total. The average molecular weight is 396 g/mol. The molecule has 0 unspecified atom stereocenters. The summed E-state index contributed by atoms with van der Waals surface area (Å²) in [6.07, 6.45) is 9.20. The van der Waals surface area contributed by atoms with Gasteiger partial charge in [0.15, 0.2) is 0 Å². The Balaban J connectivity index is 1.60. The van der Waals surface area contributed by atoms with Crippen molar-refractivity contribution in [3.8, 4) is 5.88 Å². The summed E-state index contributed by atoms with van der Waals surface area (Å²) in [4.78, 5) is 6.68. The molecule has 0 amide bonds. The second kappa shape index (κ2) is 8.03. The molecule has 3 aliphatic heterocycles. The Morgan fingerprint density at radius 1 is 1.22 bits per heavy atom. The van der Waals surface area contributed by atoms with Gasteiger partial charge in [0.25, 0.3) is 0 Å². The van der Waals surface area contributed by atoms with Crippen molar-refractivity contribution in [2.45, 2.75) is 62.6 Å². The third-order valence-corrected chi connectivity index (χ3v) is 6.77. The topological polar surface area (TPSA) is 80.8 Å². The van der Waals surface area contributed by atoms with E-state index in [-0.39, 0.29) is 18.2 Å². The fourth-order valence-corrected chi connectivity index (χ4v) is 5.50. The molecule has 2 atom stereocenters. The predicted molar refractivity (Wildman–Crippen MR) is 102 cm³/mol. The smallest absolute Gasteiger partial charge is 0.218 e. The maximum atomic E-state index is 11.8. The fraction of sp³-hybridized carbons (Fsp3) is 0.737. The van der Waals surface area contributed by atoms with Crippen LogP contribution < -0.4 is 9.46 Å². The summed E-state index contributed by atoms with van der Waals surface area (Å²) in [5.74, 6) is 1.20. The highest BCUT2D eigenvalue weighted by molar-refractivity contribution is 7.88. The molecule has 2 fully saturated rings. The molecule has 27 heavy (non-hydrogen) atoms. The van der Waals surface area contributed by atoms with Crippen LogP contribution in [0.4, 0.5) is 0 Å². The van der Waals surface area contributed by atoms with E-state index < -0.39 is 10.0 Å². The van der Waals surface area contributed by atoms with Gasteiger partial charge in [-0.25, -0.2) is 18.1 Å². The van der Waals surface area contributed by atoms with Crippen LogP contribution >= 0.6 is 0 Å². The monoisotopic (exact) mass is 395 g/mol. The van der Waals surface area contributed by atoms with Gasteiger partial charge in [0, 0.05) is 24.3 Å². The summed E-state index contributed by atoms with van der Waals surface area (Å²) in [7, 11) is -3.27. The van der Waals surface area contributed by atoms with Crippen LogP contribution in [0, 0.1) is 0 Å². The maximum Gasteiger partial charge on any atom is 0.218 e. The lowest BCUT2D eigenvalue weighted by Gasteiger charge is -2.42. The Hall–Kier alpha value is -1.22. The van der Waals surface area contributed by atoms with Gasteiger partial charge in [0.2, 0.25) is 15.9 Å². The minimum absolute atomic E-state index is 0.0298. The number of hydrogen-bond acceptors (Lipinski definition) is 6. The third-order valence-electron chi connectivity index (χ3n) is 6.04. The van der Waals surface area contributed by atoms with E-state index in [1.54, 1.807) is 6.20 Å². The van der Waals surface area contributed by atoms with Crippen LogP contribution in [0.5, 0.6) is 5.88 Å². The highest BCUT2D eigenvalue weighted by Crippen LogP contribution is 2.38. The number of piperidine rings is 1. The lowest BCUT2D eigenvalue weighted by molar-refractivity contribution is -0.0483. The molecule has 0 radical (unpaired) electrons. The Bertz CT molecular complexity index is 749. The van der Waals surface area contributed by atoms with Crippen LogP contribution in [0.25, 0.3) is 0 Å². The highest BCUT2D eigenvalue weighted by Gasteiger charge is 2.36. The van der Waals surface area contributed by atoms with E-state index in [1.165, 1.54) is 11.8 Å². The average Bonchev–Trinajstić information content (AvgIpc) is 2.64. The van der Waals surface area contributed by atoms with Crippen LogP contribution in [0.1, 0.15) is 50.0 Å². The number of ether oxygens (including phenoxy) is 2. The number of sulfonamides is 1. The second-order valence-corrected chi connectivity index (χ2v) is 9.78. The van der Waals surface area contributed by atoms with E-state index in [2.05, 4.69) is 20.7 Å². The molecule has 0 aromatic carbocycles.